The average Bonchev–Trinajstić information content (AvgIpc) is 3.36. The van der Waals surface area contributed by atoms with Gasteiger partial charge in [-0.3, -0.25) is 0 Å². The van der Waals surface area contributed by atoms with Gasteiger partial charge in [-0.25, -0.2) is 9.78 Å². The SMILES string of the molecule is Cc1c([C@H]2CCC[C@H](OC(=O)C(F)(F)F)[C@@H]2N)sc2c(NCc3cccs3)cc(Cl)nc12. The molecule has 0 aromatic carbocycles. The molecule has 11 heteroatoms. The van der Waals surface area contributed by atoms with E-state index in [1.807, 2.05) is 24.4 Å². The van der Waals surface area contributed by atoms with Crippen molar-refractivity contribution in [3.05, 3.63) is 44.1 Å². The lowest BCUT2D eigenvalue weighted by atomic mass is 9.81. The lowest BCUT2D eigenvalue weighted by Crippen LogP contribution is -2.47. The smallest absolute Gasteiger partial charge is 0.454 e. The van der Waals surface area contributed by atoms with Gasteiger partial charge in [0.1, 0.15) is 11.3 Å². The molecule has 1 aliphatic carbocycles. The standard InChI is InChI=1S/C21H21ClF3N3O2S2/c1-10-17-19(13(8-15(22)28-17)27-9-11-4-3-7-31-11)32-18(10)12-5-2-6-14(16(12)26)30-20(29)21(23,24)25/h3-4,7-8,12,14,16H,2,5-6,9,26H2,1H3,(H,27,28)/t12-,14-,16+/m0/s1. The summed E-state index contributed by atoms with van der Waals surface area (Å²) in [5, 5.41) is 5.76. The number of aromatic nitrogens is 1. The highest BCUT2D eigenvalue weighted by Gasteiger charge is 2.45. The second kappa shape index (κ2) is 9.17. The van der Waals surface area contributed by atoms with Crippen molar-refractivity contribution in [1.82, 2.24) is 4.98 Å². The van der Waals surface area contributed by atoms with Gasteiger partial charge < -0.3 is 15.8 Å². The summed E-state index contributed by atoms with van der Waals surface area (Å²) >= 11 is 9.43. The third kappa shape index (κ3) is 4.73. The zero-order valence-corrected chi connectivity index (χ0v) is 19.4. The van der Waals surface area contributed by atoms with Crippen LogP contribution in [0.3, 0.4) is 0 Å². The topological polar surface area (TPSA) is 77.2 Å². The van der Waals surface area contributed by atoms with E-state index in [2.05, 4.69) is 10.3 Å². The van der Waals surface area contributed by atoms with Gasteiger partial charge in [-0.1, -0.05) is 17.7 Å². The second-order valence-electron chi connectivity index (χ2n) is 7.75. The molecule has 0 unspecified atom stereocenters. The predicted octanol–water partition coefficient (Wildman–Crippen LogP) is 6.00. The van der Waals surface area contributed by atoms with E-state index in [-0.39, 0.29) is 5.92 Å². The van der Waals surface area contributed by atoms with Gasteiger partial charge in [-0.15, -0.1) is 22.7 Å². The van der Waals surface area contributed by atoms with Gasteiger partial charge in [0, 0.05) is 34.3 Å². The van der Waals surface area contributed by atoms with Crippen molar-refractivity contribution in [2.45, 2.75) is 57.0 Å². The molecule has 5 nitrogen and oxygen atoms in total. The van der Waals surface area contributed by atoms with E-state index in [0.29, 0.717) is 31.0 Å². The normalized spacial score (nSPS) is 21.6. The average molecular weight is 504 g/mol. The van der Waals surface area contributed by atoms with Crippen molar-refractivity contribution in [2.24, 2.45) is 5.73 Å². The van der Waals surface area contributed by atoms with E-state index in [1.54, 1.807) is 17.4 Å². The summed E-state index contributed by atoms with van der Waals surface area (Å²) in [6.07, 6.45) is -4.41. The number of halogens is 4. The number of thiophene rings is 2. The Morgan fingerprint density at radius 3 is 2.88 bits per heavy atom. The third-order valence-electron chi connectivity index (χ3n) is 5.64. The number of nitrogens with two attached hydrogens (primary N) is 1. The van der Waals surface area contributed by atoms with Gasteiger partial charge in [0.05, 0.1) is 15.9 Å². The molecule has 1 fully saturated rings. The van der Waals surface area contributed by atoms with E-state index in [4.69, 9.17) is 22.1 Å². The molecule has 0 amide bonds. The van der Waals surface area contributed by atoms with E-state index >= 15 is 0 Å². The Morgan fingerprint density at radius 2 is 2.19 bits per heavy atom. The van der Waals surface area contributed by atoms with E-state index < -0.39 is 24.3 Å². The fraction of sp³-hybridized carbons (Fsp3) is 0.429. The highest BCUT2D eigenvalue weighted by atomic mass is 35.5. The Kier molecular flexibility index (Phi) is 6.67. The molecule has 0 saturated heterocycles. The first kappa shape index (κ1) is 23.3. The van der Waals surface area contributed by atoms with E-state index in [1.165, 1.54) is 16.2 Å². The number of ether oxygens (including phenoxy) is 1. The number of pyridine rings is 1. The van der Waals surface area contributed by atoms with Crippen molar-refractivity contribution in [3.8, 4) is 0 Å². The number of rotatable bonds is 5. The Morgan fingerprint density at radius 1 is 1.41 bits per heavy atom. The molecule has 3 aromatic heterocycles. The summed E-state index contributed by atoms with van der Waals surface area (Å²) in [6, 6.07) is 5.05. The Labute approximate surface area is 195 Å². The first-order chi connectivity index (χ1) is 15.1. The van der Waals surface area contributed by atoms with Crippen LogP contribution in [0.4, 0.5) is 18.9 Å². The number of hydrogen-bond acceptors (Lipinski definition) is 7. The number of fused-ring (bicyclic) bond motifs is 1. The molecule has 4 rings (SSSR count). The number of hydrogen-bond donors (Lipinski definition) is 2. The van der Waals surface area contributed by atoms with Gasteiger partial charge in [0.2, 0.25) is 0 Å². The molecule has 172 valence electrons. The number of alkyl halides is 3. The predicted molar refractivity (Wildman–Crippen MR) is 122 cm³/mol. The van der Waals surface area contributed by atoms with Crippen molar-refractivity contribution in [1.29, 1.82) is 0 Å². The van der Waals surface area contributed by atoms with Crippen LogP contribution < -0.4 is 11.1 Å². The first-order valence-corrected chi connectivity index (χ1v) is 12.1. The fourth-order valence-corrected chi connectivity index (χ4v) is 6.34. The zero-order chi connectivity index (χ0) is 23.0. The molecule has 1 saturated carbocycles. The number of aryl methyl sites for hydroxylation is 1. The molecular weight excluding hydrogens is 483 g/mol. The van der Waals surface area contributed by atoms with Gasteiger partial charge in [0.25, 0.3) is 0 Å². The van der Waals surface area contributed by atoms with Crippen LogP contribution in [-0.4, -0.2) is 29.3 Å². The highest BCUT2D eigenvalue weighted by molar-refractivity contribution is 7.20. The van der Waals surface area contributed by atoms with Gasteiger partial charge in [-0.05, 0) is 43.2 Å². The van der Waals surface area contributed by atoms with E-state index in [0.717, 1.165) is 26.3 Å². The molecule has 0 aliphatic heterocycles. The quantitative estimate of drug-likeness (QED) is 0.330. The van der Waals surface area contributed by atoms with E-state index in [9.17, 15) is 18.0 Å². The summed E-state index contributed by atoms with van der Waals surface area (Å²) in [5.74, 6) is -2.43. The van der Waals surface area contributed by atoms with Crippen LogP contribution in [0.1, 0.15) is 40.5 Å². The first-order valence-electron chi connectivity index (χ1n) is 10.0. The van der Waals surface area contributed by atoms with Crippen LogP contribution in [-0.2, 0) is 16.1 Å². The number of esters is 1. The Bertz CT molecular complexity index is 1120. The fourth-order valence-electron chi connectivity index (χ4n) is 4.07. The number of anilines is 1. The minimum absolute atomic E-state index is 0.238. The molecule has 3 aromatic rings. The van der Waals surface area contributed by atoms with Crippen molar-refractivity contribution < 1.29 is 22.7 Å². The maximum atomic E-state index is 12.7. The maximum Gasteiger partial charge on any atom is 0.490 e. The zero-order valence-electron chi connectivity index (χ0n) is 17.0. The van der Waals surface area contributed by atoms with Crippen molar-refractivity contribution in [3.63, 3.8) is 0 Å². The van der Waals surface area contributed by atoms with Crippen LogP contribution in [0.2, 0.25) is 5.15 Å². The molecule has 32 heavy (non-hydrogen) atoms. The summed E-state index contributed by atoms with van der Waals surface area (Å²) in [7, 11) is 0. The lowest BCUT2D eigenvalue weighted by molar-refractivity contribution is -0.207. The molecule has 1 aliphatic rings. The lowest BCUT2D eigenvalue weighted by Gasteiger charge is -2.35. The van der Waals surface area contributed by atoms with Crippen molar-refractivity contribution >= 4 is 56.1 Å². The minimum atomic E-state index is -5.04. The highest BCUT2D eigenvalue weighted by Crippen LogP contribution is 2.44. The number of nitrogens with one attached hydrogen (secondary N) is 1. The summed E-state index contributed by atoms with van der Waals surface area (Å²) in [5.41, 5.74) is 8.82. The summed E-state index contributed by atoms with van der Waals surface area (Å²) < 4.78 is 43.7. The molecule has 3 atom stereocenters. The molecule has 0 spiro atoms. The van der Waals surface area contributed by atoms with Crippen LogP contribution >= 0.6 is 34.3 Å². The Balaban J connectivity index is 1.63. The van der Waals surface area contributed by atoms with Crippen LogP contribution in [0.25, 0.3) is 10.2 Å². The number of carbonyl (C=O) groups excluding carboxylic acids is 1. The molecule has 0 bridgehead atoms. The van der Waals surface area contributed by atoms with Crippen molar-refractivity contribution in [2.75, 3.05) is 5.32 Å². The second-order valence-corrected chi connectivity index (χ2v) is 10.2. The molecule has 3 heterocycles. The van der Waals surface area contributed by atoms with Crippen LogP contribution in [0, 0.1) is 6.92 Å². The van der Waals surface area contributed by atoms with Crippen LogP contribution in [0.5, 0.6) is 0 Å². The maximum absolute atomic E-state index is 12.7. The van der Waals surface area contributed by atoms with Crippen LogP contribution in [0.15, 0.2) is 23.6 Å². The largest absolute Gasteiger partial charge is 0.490 e. The Hall–Kier alpha value is -1.88. The minimum Gasteiger partial charge on any atom is -0.454 e. The molecule has 3 N–H and O–H groups in total. The number of nitrogens with zero attached hydrogens (tertiary/aromatic N) is 1. The number of carbonyl (C=O) groups is 1. The third-order valence-corrected chi connectivity index (χ3v) is 8.15. The summed E-state index contributed by atoms with van der Waals surface area (Å²) in [6.45, 7) is 2.55. The monoisotopic (exact) mass is 503 g/mol. The molecular formula is C21H21ClF3N3O2S2. The van der Waals surface area contributed by atoms with Gasteiger partial charge in [-0.2, -0.15) is 13.2 Å². The van der Waals surface area contributed by atoms with Gasteiger partial charge >= 0.3 is 12.1 Å². The molecule has 0 radical (unpaired) electrons. The summed E-state index contributed by atoms with van der Waals surface area (Å²) in [4.78, 5) is 17.9. The van der Waals surface area contributed by atoms with Gasteiger partial charge in [0.15, 0.2) is 0 Å².